The molecule has 2 heterocycles. The molecule has 0 unspecified atom stereocenters. The molecule has 0 spiro atoms. The number of hydrogen-bond donors (Lipinski definition) is 3. The van der Waals surface area contributed by atoms with Crippen molar-refractivity contribution in [3.05, 3.63) is 45.2 Å². The van der Waals surface area contributed by atoms with E-state index in [9.17, 15) is 9.90 Å². The van der Waals surface area contributed by atoms with E-state index in [1.807, 2.05) is 24.0 Å². The van der Waals surface area contributed by atoms with Crippen LogP contribution in [0, 0.1) is 13.8 Å². The molecule has 0 amide bonds. The maximum atomic E-state index is 12.6. The van der Waals surface area contributed by atoms with E-state index in [-0.39, 0.29) is 12.2 Å². The van der Waals surface area contributed by atoms with Crippen LogP contribution in [-0.4, -0.2) is 77.5 Å². The summed E-state index contributed by atoms with van der Waals surface area (Å²) in [4.78, 5) is 19.8. The number of aliphatic hydroxyl groups excluding tert-OH is 1. The first-order valence-electron chi connectivity index (χ1n) is 10.5. The predicted molar refractivity (Wildman–Crippen MR) is 124 cm³/mol. The minimum Gasteiger partial charge on any atom is -0.395 e. The molecule has 1 fully saturated rings. The lowest BCUT2D eigenvalue weighted by atomic mass is 10.0. The van der Waals surface area contributed by atoms with E-state index in [1.54, 1.807) is 0 Å². The van der Waals surface area contributed by atoms with Crippen molar-refractivity contribution in [3.63, 3.8) is 0 Å². The molecular formula is C22H32N4O3S. The lowest BCUT2D eigenvalue weighted by Crippen LogP contribution is -2.43. The van der Waals surface area contributed by atoms with Crippen LogP contribution in [0.15, 0.2) is 23.0 Å². The molecule has 0 aliphatic carbocycles. The topological polar surface area (TPSA) is 80.8 Å². The number of morpholine rings is 1. The van der Waals surface area contributed by atoms with Crippen molar-refractivity contribution < 1.29 is 9.84 Å². The van der Waals surface area contributed by atoms with Crippen molar-refractivity contribution in [1.82, 2.24) is 20.1 Å². The van der Waals surface area contributed by atoms with Crippen molar-refractivity contribution >= 4 is 28.2 Å². The van der Waals surface area contributed by atoms with Gasteiger partial charge in [-0.15, -0.1) is 0 Å². The molecule has 1 aromatic carbocycles. The van der Waals surface area contributed by atoms with Crippen LogP contribution in [0.3, 0.4) is 0 Å². The molecule has 2 aromatic rings. The number of aromatic amines is 1. The normalized spacial score (nSPS) is 14.8. The average molecular weight is 433 g/mol. The third-order valence-electron chi connectivity index (χ3n) is 5.58. The molecule has 8 heteroatoms. The number of aliphatic hydroxyl groups is 1. The third kappa shape index (κ3) is 6.01. The van der Waals surface area contributed by atoms with E-state index in [0.717, 1.165) is 62.3 Å². The smallest absolute Gasteiger partial charge is 0.253 e. The maximum absolute atomic E-state index is 12.6. The fourth-order valence-electron chi connectivity index (χ4n) is 3.65. The van der Waals surface area contributed by atoms with Crippen LogP contribution in [0.2, 0.25) is 0 Å². The van der Waals surface area contributed by atoms with E-state index in [1.165, 1.54) is 5.56 Å². The fourth-order valence-corrected chi connectivity index (χ4v) is 3.91. The molecule has 1 aliphatic rings. The van der Waals surface area contributed by atoms with Gasteiger partial charge in [0.2, 0.25) is 0 Å². The first-order valence-corrected chi connectivity index (χ1v) is 11.0. The molecule has 0 saturated carbocycles. The lowest BCUT2D eigenvalue weighted by Gasteiger charge is -2.27. The van der Waals surface area contributed by atoms with Gasteiger partial charge in [0.15, 0.2) is 5.11 Å². The zero-order chi connectivity index (χ0) is 21.5. The Balaban J connectivity index is 1.61. The molecule has 164 valence electrons. The van der Waals surface area contributed by atoms with Crippen molar-refractivity contribution in [2.45, 2.75) is 26.8 Å². The molecule has 1 aliphatic heterocycles. The Labute approximate surface area is 183 Å². The minimum absolute atomic E-state index is 0.0284. The van der Waals surface area contributed by atoms with Crippen molar-refractivity contribution in [1.29, 1.82) is 0 Å². The highest BCUT2D eigenvalue weighted by molar-refractivity contribution is 7.80. The number of pyridine rings is 1. The number of nitrogens with one attached hydrogen (secondary N) is 2. The SMILES string of the molecule is Cc1cc2cc(CN(CCO)C(=S)NCCCN3CCOCC3)c(=O)[nH]c2cc1C. The van der Waals surface area contributed by atoms with Crippen LogP contribution in [0.5, 0.6) is 0 Å². The summed E-state index contributed by atoms with van der Waals surface area (Å²) in [6.07, 6.45) is 0.974. The van der Waals surface area contributed by atoms with Gasteiger partial charge in [0.25, 0.3) is 5.56 Å². The molecule has 1 saturated heterocycles. The molecule has 1 aromatic heterocycles. The number of benzene rings is 1. The van der Waals surface area contributed by atoms with E-state index in [4.69, 9.17) is 17.0 Å². The first-order chi connectivity index (χ1) is 14.5. The van der Waals surface area contributed by atoms with Gasteiger partial charge < -0.3 is 25.0 Å². The van der Waals surface area contributed by atoms with Crippen molar-refractivity contribution in [2.24, 2.45) is 0 Å². The summed E-state index contributed by atoms with van der Waals surface area (Å²) < 4.78 is 5.37. The first kappa shape index (κ1) is 22.7. The molecule has 3 rings (SSSR count). The fraction of sp³-hybridized carbons (Fsp3) is 0.545. The van der Waals surface area contributed by atoms with E-state index >= 15 is 0 Å². The second-order valence-corrected chi connectivity index (χ2v) is 8.22. The number of nitrogens with zero attached hydrogens (tertiary/aromatic N) is 2. The Morgan fingerprint density at radius 2 is 2.00 bits per heavy atom. The van der Waals surface area contributed by atoms with Gasteiger partial charge in [-0.1, -0.05) is 0 Å². The zero-order valence-electron chi connectivity index (χ0n) is 17.9. The molecule has 0 radical (unpaired) electrons. The van der Waals surface area contributed by atoms with E-state index < -0.39 is 0 Å². The second kappa shape index (κ2) is 10.9. The van der Waals surface area contributed by atoms with Gasteiger partial charge in [0, 0.05) is 37.3 Å². The van der Waals surface area contributed by atoms with Crippen molar-refractivity contribution in [3.8, 4) is 0 Å². The van der Waals surface area contributed by atoms with Crippen LogP contribution >= 0.6 is 12.2 Å². The van der Waals surface area contributed by atoms with Gasteiger partial charge in [0.05, 0.1) is 26.4 Å². The van der Waals surface area contributed by atoms with E-state index in [2.05, 4.69) is 28.2 Å². The number of rotatable bonds is 8. The number of fused-ring (bicyclic) bond motifs is 1. The standard InChI is InChI=1S/C22H32N4O3S/c1-16-12-18-14-19(21(28)24-20(18)13-17(16)2)15-26(6-9-27)22(30)23-4-3-5-25-7-10-29-11-8-25/h12-14,27H,3-11,15H2,1-2H3,(H,23,30)(H,24,28). The summed E-state index contributed by atoms with van der Waals surface area (Å²) in [5.41, 5.74) is 3.69. The van der Waals surface area contributed by atoms with Gasteiger partial charge in [-0.05, 0) is 73.7 Å². The third-order valence-corrected chi connectivity index (χ3v) is 5.99. The summed E-state index contributed by atoms with van der Waals surface area (Å²) in [6.45, 7) is 10.1. The minimum atomic E-state index is -0.121. The largest absolute Gasteiger partial charge is 0.395 e. The van der Waals surface area contributed by atoms with Gasteiger partial charge in [0.1, 0.15) is 0 Å². The summed E-state index contributed by atoms with van der Waals surface area (Å²) in [5.74, 6) is 0. The number of aryl methyl sites for hydroxylation is 2. The van der Waals surface area contributed by atoms with Crippen LogP contribution in [-0.2, 0) is 11.3 Å². The Morgan fingerprint density at radius 1 is 1.27 bits per heavy atom. The number of aromatic nitrogens is 1. The monoisotopic (exact) mass is 432 g/mol. The Morgan fingerprint density at radius 3 is 2.73 bits per heavy atom. The van der Waals surface area contributed by atoms with Crippen LogP contribution in [0.25, 0.3) is 10.9 Å². The second-order valence-electron chi connectivity index (χ2n) is 7.83. The molecule has 0 bridgehead atoms. The zero-order valence-corrected chi connectivity index (χ0v) is 18.7. The van der Waals surface area contributed by atoms with Crippen LogP contribution in [0.4, 0.5) is 0 Å². The van der Waals surface area contributed by atoms with Gasteiger partial charge >= 0.3 is 0 Å². The van der Waals surface area contributed by atoms with Gasteiger partial charge in [-0.25, -0.2) is 0 Å². The number of hydrogen-bond acceptors (Lipinski definition) is 5. The predicted octanol–water partition coefficient (Wildman–Crippen LogP) is 1.54. The summed E-state index contributed by atoms with van der Waals surface area (Å²) in [6, 6.07) is 6.01. The van der Waals surface area contributed by atoms with Crippen LogP contribution < -0.4 is 10.9 Å². The Bertz CT molecular complexity index is 924. The van der Waals surface area contributed by atoms with Gasteiger partial charge in [-0.2, -0.15) is 0 Å². The number of thiocarbonyl (C=S) groups is 1. The van der Waals surface area contributed by atoms with Gasteiger partial charge in [-0.3, -0.25) is 9.69 Å². The molecule has 30 heavy (non-hydrogen) atoms. The maximum Gasteiger partial charge on any atom is 0.253 e. The summed E-state index contributed by atoms with van der Waals surface area (Å²) in [5, 5.41) is 14.3. The quantitative estimate of drug-likeness (QED) is 0.431. The molecular weight excluding hydrogens is 400 g/mol. The number of ether oxygens (including phenoxy) is 1. The molecule has 3 N–H and O–H groups in total. The van der Waals surface area contributed by atoms with Crippen LogP contribution in [0.1, 0.15) is 23.1 Å². The highest BCUT2D eigenvalue weighted by Crippen LogP contribution is 2.17. The Hall–Kier alpha value is -2.00. The molecule has 7 nitrogen and oxygen atoms in total. The summed E-state index contributed by atoms with van der Waals surface area (Å²) in [7, 11) is 0. The summed E-state index contributed by atoms with van der Waals surface area (Å²) >= 11 is 5.54. The average Bonchev–Trinajstić information content (AvgIpc) is 2.73. The lowest BCUT2D eigenvalue weighted by molar-refractivity contribution is 0.0376. The Kier molecular flexibility index (Phi) is 8.21. The number of H-pyrrole nitrogens is 1. The van der Waals surface area contributed by atoms with Crippen molar-refractivity contribution in [2.75, 3.05) is 52.5 Å². The highest BCUT2D eigenvalue weighted by atomic mass is 32.1. The highest BCUT2D eigenvalue weighted by Gasteiger charge is 2.14. The van der Waals surface area contributed by atoms with E-state index in [0.29, 0.717) is 23.8 Å². The molecule has 0 atom stereocenters.